The van der Waals surface area contributed by atoms with Gasteiger partial charge >= 0.3 is 0 Å². The summed E-state index contributed by atoms with van der Waals surface area (Å²) < 4.78 is 35.2. The van der Waals surface area contributed by atoms with Crippen LogP contribution in [0.25, 0.3) is 0 Å². The number of ether oxygens (including phenoxy) is 1. The molecule has 0 radical (unpaired) electrons. The van der Waals surface area contributed by atoms with Crippen molar-refractivity contribution in [2.75, 3.05) is 24.0 Å². The van der Waals surface area contributed by atoms with Crippen LogP contribution in [0.2, 0.25) is 0 Å². The molecule has 1 N–H and O–H groups in total. The van der Waals surface area contributed by atoms with Crippen molar-refractivity contribution >= 4 is 43.5 Å². The smallest absolute Gasteiger partial charge is 0.264 e. The second-order valence-electron chi connectivity index (χ2n) is 9.16. The Labute approximate surface area is 245 Å². The summed E-state index contributed by atoms with van der Waals surface area (Å²) in [5, 5.41) is 2.81. The number of aryl methyl sites for hydroxylation is 1. The topological polar surface area (TPSA) is 96.0 Å². The SMILES string of the molecule is CCNC(=O)[C@@H](CC)N(Cc1ccccc1C)C(=O)CN(c1ccc(OCC)cc1)S(=O)(=O)c1ccc(Br)cc1. The van der Waals surface area contributed by atoms with Crippen LogP contribution in [0.15, 0.2) is 82.2 Å². The summed E-state index contributed by atoms with van der Waals surface area (Å²) in [4.78, 5) is 28.6. The van der Waals surface area contributed by atoms with E-state index in [0.717, 1.165) is 19.9 Å². The summed E-state index contributed by atoms with van der Waals surface area (Å²) in [6.45, 7) is 8.00. The van der Waals surface area contributed by atoms with E-state index in [1.807, 2.05) is 52.0 Å². The quantitative estimate of drug-likeness (QED) is 0.277. The van der Waals surface area contributed by atoms with Gasteiger partial charge < -0.3 is 15.0 Å². The number of carbonyl (C=O) groups excluding carboxylic acids is 2. The van der Waals surface area contributed by atoms with Gasteiger partial charge in [0.1, 0.15) is 18.3 Å². The summed E-state index contributed by atoms with van der Waals surface area (Å²) in [6, 6.07) is 19.7. The van der Waals surface area contributed by atoms with E-state index in [9.17, 15) is 18.0 Å². The molecule has 0 unspecified atom stereocenters. The highest BCUT2D eigenvalue weighted by atomic mass is 79.9. The molecule has 0 aliphatic rings. The molecule has 0 heterocycles. The summed E-state index contributed by atoms with van der Waals surface area (Å²) >= 11 is 3.34. The lowest BCUT2D eigenvalue weighted by molar-refractivity contribution is -0.140. The van der Waals surface area contributed by atoms with Gasteiger partial charge in [-0.2, -0.15) is 0 Å². The van der Waals surface area contributed by atoms with Gasteiger partial charge in [0.25, 0.3) is 10.0 Å². The number of nitrogens with zero attached hydrogens (tertiary/aromatic N) is 2. The van der Waals surface area contributed by atoms with Gasteiger partial charge in [0.15, 0.2) is 0 Å². The Morgan fingerprint density at radius 3 is 2.17 bits per heavy atom. The Morgan fingerprint density at radius 1 is 0.950 bits per heavy atom. The van der Waals surface area contributed by atoms with Crippen molar-refractivity contribution in [2.24, 2.45) is 0 Å². The number of hydrogen-bond acceptors (Lipinski definition) is 5. The number of rotatable bonds is 13. The minimum absolute atomic E-state index is 0.0404. The van der Waals surface area contributed by atoms with Crippen LogP contribution in [-0.2, 0) is 26.2 Å². The van der Waals surface area contributed by atoms with Crippen LogP contribution < -0.4 is 14.4 Å². The van der Waals surface area contributed by atoms with Crippen molar-refractivity contribution < 1.29 is 22.7 Å². The molecule has 10 heteroatoms. The fourth-order valence-electron chi connectivity index (χ4n) is 4.32. The van der Waals surface area contributed by atoms with E-state index < -0.39 is 28.5 Å². The molecule has 3 aromatic rings. The highest BCUT2D eigenvalue weighted by molar-refractivity contribution is 9.10. The van der Waals surface area contributed by atoms with E-state index in [1.165, 1.54) is 17.0 Å². The van der Waals surface area contributed by atoms with Crippen LogP contribution in [0.5, 0.6) is 5.75 Å². The van der Waals surface area contributed by atoms with Crippen LogP contribution in [0, 0.1) is 6.92 Å². The van der Waals surface area contributed by atoms with E-state index in [2.05, 4.69) is 21.2 Å². The van der Waals surface area contributed by atoms with Gasteiger partial charge in [-0.05, 0) is 86.8 Å². The van der Waals surface area contributed by atoms with Crippen molar-refractivity contribution in [3.8, 4) is 5.75 Å². The molecule has 3 rings (SSSR count). The Kier molecular flexibility index (Phi) is 11.2. The zero-order valence-electron chi connectivity index (χ0n) is 23.3. The maximum atomic E-state index is 14.1. The number of benzene rings is 3. The van der Waals surface area contributed by atoms with Crippen LogP contribution >= 0.6 is 15.9 Å². The summed E-state index contributed by atoms with van der Waals surface area (Å²) in [5.41, 5.74) is 2.15. The van der Waals surface area contributed by atoms with Gasteiger partial charge in [0.2, 0.25) is 11.8 Å². The molecule has 0 saturated carbocycles. The highest BCUT2D eigenvalue weighted by Gasteiger charge is 2.33. The predicted octanol–water partition coefficient (Wildman–Crippen LogP) is 5.30. The maximum absolute atomic E-state index is 14.1. The molecule has 0 aliphatic heterocycles. The largest absolute Gasteiger partial charge is 0.494 e. The maximum Gasteiger partial charge on any atom is 0.264 e. The van der Waals surface area contributed by atoms with Crippen LogP contribution in [-0.4, -0.2) is 50.9 Å². The van der Waals surface area contributed by atoms with Crippen molar-refractivity contribution in [2.45, 2.75) is 51.6 Å². The molecule has 40 heavy (non-hydrogen) atoms. The summed E-state index contributed by atoms with van der Waals surface area (Å²) in [7, 11) is -4.14. The summed E-state index contributed by atoms with van der Waals surface area (Å²) in [5.74, 6) is -0.187. The number of nitrogens with one attached hydrogen (secondary N) is 1. The van der Waals surface area contributed by atoms with Crippen molar-refractivity contribution in [1.82, 2.24) is 10.2 Å². The third-order valence-electron chi connectivity index (χ3n) is 6.46. The zero-order valence-corrected chi connectivity index (χ0v) is 25.7. The zero-order chi connectivity index (χ0) is 29.3. The molecular weight excluding hydrogens is 594 g/mol. The Balaban J connectivity index is 2.07. The molecule has 0 aliphatic carbocycles. The highest BCUT2D eigenvalue weighted by Crippen LogP contribution is 2.28. The molecule has 0 bridgehead atoms. The first kappa shape index (κ1) is 31.2. The predicted molar refractivity (Wildman–Crippen MR) is 161 cm³/mol. The summed E-state index contributed by atoms with van der Waals surface area (Å²) in [6.07, 6.45) is 0.367. The Hall–Kier alpha value is -3.37. The van der Waals surface area contributed by atoms with Gasteiger partial charge in [-0.1, -0.05) is 47.1 Å². The Morgan fingerprint density at radius 2 is 1.60 bits per heavy atom. The second kappa shape index (κ2) is 14.3. The minimum Gasteiger partial charge on any atom is -0.494 e. The average Bonchev–Trinajstić information content (AvgIpc) is 2.93. The number of carbonyl (C=O) groups is 2. The third-order valence-corrected chi connectivity index (χ3v) is 8.77. The first-order valence-electron chi connectivity index (χ1n) is 13.2. The van der Waals surface area contributed by atoms with Crippen molar-refractivity contribution in [3.05, 3.63) is 88.4 Å². The molecule has 0 saturated heterocycles. The molecule has 2 amide bonds. The number of halogens is 1. The van der Waals surface area contributed by atoms with Crippen LogP contribution in [0.3, 0.4) is 0 Å². The lowest BCUT2D eigenvalue weighted by atomic mass is 10.1. The third kappa shape index (κ3) is 7.63. The van der Waals surface area contributed by atoms with Crippen LogP contribution in [0.4, 0.5) is 5.69 Å². The van der Waals surface area contributed by atoms with E-state index in [-0.39, 0.29) is 17.3 Å². The average molecular weight is 631 g/mol. The van der Waals surface area contributed by atoms with Gasteiger partial charge in [-0.15, -0.1) is 0 Å². The molecule has 0 aromatic heterocycles. The number of sulfonamides is 1. The molecule has 0 spiro atoms. The molecule has 3 aromatic carbocycles. The Bertz CT molecular complexity index is 1400. The van der Waals surface area contributed by atoms with E-state index in [4.69, 9.17) is 4.74 Å². The van der Waals surface area contributed by atoms with Gasteiger partial charge in [0, 0.05) is 17.6 Å². The first-order chi connectivity index (χ1) is 19.1. The normalized spacial score (nSPS) is 11.9. The standard InChI is InChI=1S/C30H36BrN3O5S/c1-5-28(30(36)32-6-2)33(20-23-11-9-8-10-22(23)4)29(35)21-34(25-14-16-26(17-15-25)39-7-3)40(37,38)27-18-12-24(31)13-19-27/h8-19,28H,5-7,20-21H2,1-4H3,(H,32,36)/t28-/m1/s1. The molecule has 0 fully saturated rings. The molecule has 1 atom stereocenters. The lowest BCUT2D eigenvalue weighted by Crippen LogP contribution is -2.52. The van der Waals surface area contributed by atoms with E-state index in [1.54, 1.807) is 36.4 Å². The number of hydrogen-bond donors (Lipinski definition) is 1. The number of anilines is 1. The second-order valence-corrected chi connectivity index (χ2v) is 11.9. The fraction of sp³-hybridized carbons (Fsp3) is 0.333. The number of likely N-dealkylation sites (N-methyl/N-ethyl adjacent to an activating group) is 1. The van der Waals surface area contributed by atoms with E-state index >= 15 is 0 Å². The lowest BCUT2D eigenvalue weighted by Gasteiger charge is -2.33. The van der Waals surface area contributed by atoms with Crippen molar-refractivity contribution in [1.29, 1.82) is 0 Å². The van der Waals surface area contributed by atoms with Gasteiger partial charge in [-0.3, -0.25) is 13.9 Å². The fourth-order valence-corrected chi connectivity index (χ4v) is 6.00. The van der Waals surface area contributed by atoms with Gasteiger partial charge in [-0.25, -0.2) is 8.42 Å². The molecule has 8 nitrogen and oxygen atoms in total. The monoisotopic (exact) mass is 629 g/mol. The molecule has 214 valence electrons. The van der Waals surface area contributed by atoms with E-state index in [0.29, 0.717) is 31.0 Å². The van der Waals surface area contributed by atoms with Crippen LogP contribution in [0.1, 0.15) is 38.3 Å². The first-order valence-corrected chi connectivity index (χ1v) is 15.5. The minimum atomic E-state index is -4.14. The van der Waals surface area contributed by atoms with Gasteiger partial charge in [0.05, 0.1) is 17.2 Å². The van der Waals surface area contributed by atoms with Crippen molar-refractivity contribution in [3.63, 3.8) is 0 Å². The number of amides is 2. The molecular formula is C30H36BrN3O5S.